The van der Waals surface area contributed by atoms with Gasteiger partial charge in [0.1, 0.15) is 11.3 Å². The molecule has 6 nitrogen and oxygen atoms in total. The molecule has 152 valence electrons. The smallest absolute Gasteiger partial charge is 0.259 e. The van der Waals surface area contributed by atoms with Gasteiger partial charge in [0.25, 0.3) is 5.91 Å². The molecule has 1 N–H and O–H groups in total. The number of benzene rings is 1. The average Bonchev–Trinajstić information content (AvgIpc) is 3.07. The SMILES string of the molecule is CCN1CCCC1CNC(=O)c1c(O[Si](C)(C)C)c(Br)cc(OC)c1OC. The van der Waals surface area contributed by atoms with Crippen molar-refractivity contribution in [2.24, 2.45) is 0 Å². The molecular weight excluding hydrogens is 428 g/mol. The molecule has 1 amide bonds. The molecule has 1 aromatic carbocycles. The monoisotopic (exact) mass is 458 g/mol. The molecule has 1 atom stereocenters. The number of halogens is 1. The number of likely N-dealkylation sites (tertiary alicyclic amines) is 1. The van der Waals surface area contributed by atoms with E-state index in [9.17, 15) is 4.79 Å². The van der Waals surface area contributed by atoms with Crippen molar-refractivity contribution in [2.45, 2.75) is 45.4 Å². The van der Waals surface area contributed by atoms with E-state index in [1.165, 1.54) is 13.5 Å². The number of rotatable bonds is 8. The molecule has 8 heteroatoms. The summed E-state index contributed by atoms with van der Waals surface area (Å²) in [6.07, 6.45) is 2.28. The molecule has 1 fully saturated rings. The number of carbonyl (C=O) groups excluding carboxylic acids is 1. The second kappa shape index (κ2) is 9.30. The number of nitrogens with one attached hydrogen (secondary N) is 1. The Morgan fingerprint density at radius 2 is 2.00 bits per heavy atom. The Kier molecular flexibility index (Phi) is 7.59. The quantitative estimate of drug-likeness (QED) is 0.598. The first-order valence-corrected chi connectivity index (χ1v) is 13.6. The van der Waals surface area contributed by atoms with Crippen molar-refractivity contribution in [1.82, 2.24) is 10.2 Å². The minimum Gasteiger partial charge on any atom is -0.543 e. The van der Waals surface area contributed by atoms with Crippen LogP contribution in [0.1, 0.15) is 30.1 Å². The maximum Gasteiger partial charge on any atom is 0.259 e. The molecule has 1 heterocycles. The van der Waals surface area contributed by atoms with E-state index < -0.39 is 8.32 Å². The van der Waals surface area contributed by atoms with E-state index in [1.54, 1.807) is 13.2 Å². The lowest BCUT2D eigenvalue weighted by Gasteiger charge is -2.26. The highest BCUT2D eigenvalue weighted by atomic mass is 79.9. The minimum absolute atomic E-state index is 0.206. The molecule has 0 bridgehead atoms. The molecular formula is C19H31BrN2O4Si. The fourth-order valence-electron chi connectivity index (χ4n) is 3.40. The predicted molar refractivity (Wildman–Crippen MR) is 114 cm³/mol. The van der Waals surface area contributed by atoms with Crippen molar-refractivity contribution in [2.75, 3.05) is 33.9 Å². The van der Waals surface area contributed by atoms with E-state index in [0.29, 0.717) is 39.9 Å². The highest BCUT2D eigenvalue weighted by Crippen LogP contribution is 2.43. The standard InChI is InChI=1S/C19H31BrN2O4Si/c1-7-22-10-8-9-13(22)12-21-19(23)16-17(26-27(4,5)6)14(20)11-15(24-2)18(16)25-3/h11,13H,7-10,12H2,1-6H3,(H,21,23). The minimum atomic E-state index is -1.95. The number of methoxy groups -OCH3 is 2. The zero-order valence-corrected chi connectivity index (χ0v) is 19.7. The van der Waals surface area contributed by atoms with Crippen LogP contribution in [0.5, 0.6) is 17.2 Å². The highest BCUT2D eigenvalue weighted by molar-refractivity contribution is 9.10. The summed E-state index contributed by atoms with van der Waals surface area (Å²) < 4.78 is 17.9. The molecule has 1 aromatic rings. The Labute approximate surface area is 171 Å². The van der Waals surface area contributed by atoms with E-state index in [0.717, 1.165) is 19.5 Å². The van der Waals surface area contributed by atoms with Crippen LogP contribution in [-0.4, -0.2) is 59.0 Å². The largest absolute Gasteiger partial charge is 0.543 e. The fourth-order valence-corrected chi connectivity index (χ4v) is 4.86. The van der Waals surface area contributed by atoms with Gasteiger partial charge in [-0.2, -0.15) is 0 Å². The third-order valence-electron chi connectivity index (χ3n) is 4.62. The highest BCUT2D eigenvalue weighted by Gasteiger charge is 2.30. The average molecular weight is 459 g/mol. The zero-order chi connectivity index (χ0) is 20.2. The van der Waals surface area contributed by atoms with Crippen LogP contribution in [0.2, 0.25) is 19.6 Å². The molecule has 1 saturated heterocycles. The van der Waals surface area contributed by atoms with Crippen LogP contribution in [-0.2, 0) is 0 Å². The summed E-state index contributed by atoms with van der Waals surface area (Å²) in [5.74, 6) is 1.20. The third-order valence-corrected chi connectivity index (χ3v) is 6.02. The first kappa shape index (κ1) is 22.0. The van der Waals surface area contributed by atoms with Gasteiger partial charge in [-0.15, -0.1) is 0 Å². The van der Waals surface area contributed by atoms with Crippen molar-refractivity contribution >= 4 is 30.2 Å². The first-order valence-electron chi connectivity index (χ1n) is 9.37. The van der Waals surface area contributed by atoms with Gasteiger partial charge in [-0.05, 0) is 61.5 Å². The van der Waals surface area contributed by atoms with Gasteiger partial charge in [0, 0.05) is 18.7 Å². The van der Waals surface area contributed by atoms with Crippen LogP contribution < -0.4 is 19.2 Å². The summed E-state index contributed by atoms with van der Waals surface area (Å²) in [7, 11) is 1.15. The summed E-state index contributed by atoms with van der Waals surface area (Å²) >= 11 is 3.53. The second-order valence-electron chi connectivity index (χ2n) is 7.65. The lowest BCUT2D eigenvalue weighted by Crippen LogP contribution is -2.40. The van der Waals surface area contributed by atoms with Gasteiger partial charge in [0.2, 0.25) is 8.32 Å². The van der Waals surface area contributed by atoms with Crippen molar-refractivity contribution in [3.05, 3.63) is 16.1 Å². The van der Waals surface area contributed by atoms with Crippen LogP contribution >= 0.6 is 15.9 Å². The van der Waals surface area contributed by atoms with Crippen molar-refractivity contribution < 1.29 is 18.7 Å². The number of hydrogen-bond donors (Lipinski definition) is 1. The van der Waals surface area contributed by atoms with E-state index in [2.05, 4.69) is 52.7 Å². The number of carbonyl (C=O) groups is 1. The zero-order valence-electron chi connectivity index (χ0n) is 17.1. The molecule has 0 aromatic heterocycles. The van der Waals surface area contributed by atoms with Gasteiger partial charge in [-0.3, -0.25) is 9.69 Å². The van der Waals surface area contributed by atoms with Gasteiger partial charge in [0.05, 0.1) is 18.7 Å². The maximum absolute atomic E-state index is 13.2. The lowest BCUT2D eigenvalue weighted by atomic mass is 10.1. The Morgan fingerprint density at radius 3 is 2.56 bits per heavy atom. The Morgan fingerprint density at radius 1 is 1.30 bits per heavy atom. The van der Waals surface area contributed by atoms with Crippen LogP contribution in [0, 0.1) is 0 Å². The topological polar surface area (TPSA) is 60.0 Å². The predicted octanol–water partition coefficient (Wildman–Crippen LogP) is 3.89. The summed E-state index contributed by atoms with van der Waals surface area (Å²) in [4.78, 5) is 15.6. The Balaban J connectivity index is 2.36. The molecule has 0 aliphatic carbocycles. The first-order chi connectivity index (χ1) is 12.7. The van der Waals surface area contributed by atoms with Gasteiger partial charge < -0.3 is 19.2 Å². The molecule has 1 aliphatic rings. The number of hydrogen-bond acceptors (Lipinski definition) is 5. The van der Waals surface area contributed by atoms with Gasteiger partial charge in [-0.25, -0.2) is 0 Å². The summed E-state index contributed by atoms with van der Waals surface area (Å²) in [5, 5.41) is 3.08. The Bertz CT molecular complexity index is 679. The number of amides is 1. The van der Waals surface area contributed by atoms with E-state index in [-0.39, 0.29) is 5.91 Å². The molecule has 1 aliphatic heterocycles. The summed E-state index contributed by atoms with van der Waals surface area (Å²) in [6, 6.07) is 2.15. The number of ether oxygens (including phenoxy) is 2. The van der Waals surface area contributed by atoms with Crippen molar-refractivity contribution in [3.8, 4) is 17.2 Å². The Hall–Kier alpha value is -1.25. The van der Waals surface area contributed by atoms with Gasteiger partial charge in [0.15, 0.2) is 11.5 Å². The van der Waals surface area contributed by atoms with Crippen LogP contribution in [0.25, 0.3) is 0 Å². The summed E-state index contributed by atoms with van der Waals surface area (Å²) in [6.45, 7) is 11.1. The van der Waals surface area contributed by atoms with Crippen molar-refractivity contribution in [1.29, 1.82) is 0 Å². The van der Waals surface area contributed by atoms with E-state index in [1.807, 2.05) is 0 Å². The molecule has 0 saturated carbocycles. The normalized spacial score (nSPS) is 17.7. The van der Waals surface area contributed by atoms with Gasteiger partial charge >= 0.3 is 0 Å². The van der Waals surface area contributed by atoms with E-state index in [4.69, 9.17) is 13.9 Å². The lowest BCUT2D eigenvalue weighted by molar-refractivity contribution is 0.0935. The van der Waals surface area contributed by atoms with E-state index >= 15 is 0 Å². The van der Waals surface area contributed by atoms with Crippen LogP contribution in [0.4, 0.5) is 0 Å². The number of nitrogens with zero attached hydrogens (tertiary/aromatic N) is 1. The number of likely N-dealkylation sites (N-methyl/N-ethyl adjacent to an activating group) is 1. The molecule has 0 spiro atoms. The summed E-state index contributed by atoms with van der Waals surface area (Å²) in [5.41, 5.74) is 0.382. The molecule has 1 unspecified atom stereocenters. The third kappa shape index (κ3) is 5.39. The fraction of sp³-hybridized carbons (Fsp3) is 0.632. The maximum atomic E-state index is 13.2. The molecule has 2 rings (SSSR count). The van der Waals surface area contributed by atoms with Crippen LogP contribution in [0.3, 0.4) is 0 Å². The molecule has 0 radical (unpaired) electrons. The molecule has 27 heavy (non-hydrogen) atoms. The van der Waals surface area contributed by atoms with Crippen LogP contribution in [0.15, 0.2) is 10.5 Å². The van der Waals surface area contributed by atoms with Crippen molar-refractivity contribution in [3.63, 3.8) is 0 Å². The second-order valence-corrected chi connectivity index (χ2v) is 12.9. The van der Waals surface area contributed by atoms with Gasteiger partial charge in [-0.1, -0.05) is 6.92 Å².